The molecule has 1 unspecified atom stereocenters. The van der Waals surface area contributed by atoms with Crippen molar-refractivity contribution in [1.29, 1.82) is 0 Å². The van der Waals surface area contributed by atoms with Crippen LogP contribution in [0.3, 0.4) is 0 Å². The fourth-order valence-corrected chi connectivity index (χ4v) is 3.04. The first kappa shape index (κ1) is 11.9. The van der Waals surface area contributed by atoms with Crippen LogP contribution in [0.15, 0.2) is 18.2 Å². The van der Waals surface area contributed by atoms with Crippen LogP contribution in [-0.2, 0) is 12.8 Å². The van der Waals surface area contributed by atoms with Gasteiger partial charge >= 0.3 is 0 Å². The molecule has 1 aliphatic carbocycles. The summed E-state index contributed by atoms with van der Waals surface area (Å²) in [6.45, 7) is 4.50. The zero-order valence-electron chi connectivity index (χ0n) is 10.1. The van der Waals surface area contributed by atoms with Gasteiger partial charge in [-0.2, -0.15) is 0 Å². The smallest absolute Gasteiger partial charge is 0.00401 e. The van der Waals surface area contributed by atoms with E-state index < -0.39 is 0 Å². The number of fused-ring (bicyclic) bond motifs is 1. The van der Waals surface area contributed by atoms with Crippen LogP contribution in [0.2, 0.25) is 0 Å². The summed E-state index contributed by atoms with van der Waals surface area (Å²) in [6.07, 6.45) is 8.15. The summed E-state index contributed by atoms with van der Waals surface area (Å²) in [5.74, 6) is 0.630. The molecule has 0 aliphatic heterocycles. The first-order valence-electron chi connectivity index (χ1n) is 6.20. The average Bonchev–Trinajstić information content (AvgIpc) is 2.70. The van der Waals surface area contributed by atoms with Crippen LogP contribution in [0.5, 0.6) is 0 Å². The molecular weight excluding hydrogens is 260 g/mol. The fourth-order valence-electron chi connectivity index (χ4n) is 2.54. The van der Waals surface area contributed by atoms with Crippen molar-refractivity contribution in [3.05, 3.63) is 40.5 Å². The number of hydrogen-bond acceptors (Lipinski definition) is 0. The molecule has 0 nitrogen and oxygen atoms in total. The van der Waals surface area contributed by atoms with Crippen LogP contribution >= 0.6 is 15.9 Å². The summed E-state index contributed by atoms with van der Waals surface area (Å²) < 4.78 is 0. The minimum atomic E-state index is 0.630. The molecule has 2 rings (SSSR count). The van der Waals surface area contributed by atoms with Crippen LogP contribution in [-0.4, -0.2) is 5.33 Å². The van der Waals surface area contributed by atoms with Crippen LogP contribution in [0.1, 0.15) is 48.4 Å². The van der Waals surface area contributed by atoms with Gasteiger partial charge in [-0.25, -0.2) is 0 Å². The second-order valence-electron chi connectivity index (χ2n) is 4.40. The monoisotopic (exact) mass is 278 g/mol. The highest BCUT2D eigenvalue weighted by atomic mass is 79.9. The lowest BCUT2D eigenvalue weighted by atomic mass is 9.92. The molecule has 0 heterocycles. The Balaban J connectivity index is 2.39. The molecular formula is C15H19Br. The summed E-state index contributed by atoms with van der Waals surface area (Å²) in [5.41, 5.74) is 6.03. The van der Waals surface area contributed by atoms with E-state index in [1.54, 1.807) is 0 Å². The first-order valence-corrected chi connectivity index (χ1v) is 7.32. The van der Waals surface area contributed by atoms with Crippen molar-refractivity contribution in [3.8, 4) is 0 Å². The van der Waals surface area contributed by atoms with E-state index in [4.69, 9.17) is 0 Å². The average molecular weight is 279 g/mol. The molecule has 0 amide bonds. The molecule has 0 fully saturated rings. The molecule has 1 aromatic rings. The molecule has 0 spiro atoms. The molecule has 1 aliphatic rings. The van der Waals surface area contributed by atoms with E-state index in [0.717, 1.165) is 18.2 Å². The van der Waals surface area contributed by atoms with Crippen molar-refractivity contribution in [2.24, 2.45) is 0 Å². The zero-order valence-corrected chi connectivity index (χ0v) is 11.7. The van der Waals surface area contributed by atoms with E-state index in [9.17, 15) is 0 Å². The SMILES string of the molecule is CCc1cc2c(cc1CC)C(CCBr)C=C2. The van der Waals surface area contributed by atoms with E-state index in [0.29, 0.717) is 5.92 Å². The lowest BCUT2D eigenvalue weighted by Gasteiger charge is -2.14. The van der Waals surface area contributed by atoms with E-state index >= 15 is 0 Å². The van der Waals surface area contributed by atoms with Crippen LogP contribution in [0.4, 0.5) is 0 Å². The van der Waals surface area contributed by atoms with E-state index in [-0.39, 0.29) is 0 Å². The molecule has 1 aromatic carbocycles. The number of alkyl halides is 1. The minimum Gasteiger partial charge on any atom is -0.0928 e. The zero-order chi connectivity index (χ0) is 11.5. The largest absolute Gasteiger partial charge is 0.0928 e. The highest BCUT2D eigenvalue weighted by Gasteiger charge is 2.18. The normalized spacial score (nSPS) is 17.8. The third-order valence-corrected chi connectivity index (χ3v) is 3.95. The topological polar surface area (TPSA) is 0 Å². The maximum atomic E-state index is 3.54. The molecule has 1 heteroatoms. The summed E-state index contributed by atoms with van der Waals surface area (Å²) in [5, 5.41) is 1.08. The van der Waals surface area contributed by atoms with Gasteiger partial charge in [-0.1, -0.05) is 54.1 Å². The quantitative estimate of drug-likeness (QED) is 0.700. The van der Waals surface area contributed by atoms with Crippen molar-refractivity contribution < 1.29 is 0 Å². The van der Waals surface area contributed by atoms with Crippen molar-refractivity contribution in [2.75, 3.05) is 5.33 Å². The van der Waals surface area contributed by atoms with Crippen molar-refractivity contribution in [3.63, 3.8) is 0 Å². The molecule has 0 saturated heterocycles. The molecule has 86 valence electrons. The Hall–Kier alpha value is -0.560. The van der Waals surface area contributed by atoms with Gasteiger partial charge in [-0.15, -0.1) is 0 Å². The number of halogens is 1. The number of allylic oxidation sites excluding steroid dienone is 1. The first-order chi connectivity index (χ1) is 7.80. The van der Waals surface area contributed by atoms with Gasteiger partial charge in [0.15, 0.2) is 0 Å². The number of benzene rings is 1. The Labute approximate surface area is 107 Å². The Morgan fingerprint density at radius 1 is 1.12 bits per heavy atom. The third kappa shape index (κ3) is 2.10. The summed E-state index contributed by atoms with van der Waals surface area (Å²) in [4.78, 5) is 0. The van der Waals surface area contributed by atoms with Crippen molar-refractivity contribution in [2.45, 2.75) is 39.0 Å². The van der Waals surface area contributed by atoms with Crippen molar-refractivity contribution >= 4 is 22.0 Å². The van der Waals surface area contributed by atoms with Gasteiger partial charge in [-0.3, -0.25) is 0 Å². The third-order valence-electron chi connectivity index (χ3n) is 3.49. The van der Waals surface area contributed by atoms with Crippen LogP contribution < -0.4 is 0 Å². The molecule has 0 saturated carbocycles. The Kier molecular flexibility index (Phi) is 3.86. The standard InChI is InChI=1S/C15H19Br/c1-3-11-9-14-6-5-13(7-8-16)15(14)10-12(11)4-2/h5-6,9-10,13H,3-4,7-8H2,1-2H3. The maximum Gasteiger partial charge on any atom is 0.00401 e. The second kappa shape index (κ2) is 5.18. The summed E-state index contributed by atoms with van der Waals surface area (Å²) in [6, 6.07) is 4.82. The molecule has 0 bridgehead atoms. The Morgan fingerprint density at radius 3 is 2.44 bits per heavy atom. The Morgan fingerprint density at radius 2 is 1.81 bits per heavy atom. The fraction of sp³-hybridized carbons (Fsp3) is 0.467. The highest BCUT2D eigenvalue weighted by molar-refractivity contribution is 9.09. The van der Waals surface area contributed by atoms with Gasteiger partial charge in [0.05, 0.1) is 0 Å². The molecule has 0 radical (unpaired) electrons. The van der Waals surface area contributed by atoms with Crippen molar-refractivity contribution in [1.82, 2.24) is 0 Å². The van der Waals surface area contributed by atoms with E-state index in [1.165, 1.54) is 28.7 Å². The second-order valence-corrected chi connectivity index (χ2v) is 5.19. The predicted octanol–water partition coefficient (Wildman–Crippen LogP) is 4.71. The minimum absolute atomic E-state index is 0.630. The van der Waals surface area contributed by atoms with Crippen LogP contribution in [0.25, 0.3) is 6.08 Å². The lowest BCUT2D eigenvalue weighted by Crippen LogP contribution is -1.99. The summed E-state index contributed by atoms with van der Waals surface area (Å²) >= 11 is 3.54. The lowest BCUT2D eigenvalue weighted by molar-refractivity contribution is 0.827. The van der Waals surface area contributed by atoms with Gasteiger partial charge < -0.3 is 0 Å². The Bertz CT molecular complexity index is 404. The highest BCUT2D eigenvalue weighted by Crippen LogP contribution is 2.35. The van der Waals surface area contributed by atoms with Gasteiger partial charge in [-0.05, 0) is 41.5 Å². The number of hydrogen-bond donors (Lipinski definition) is 0. The molecule has 0 aromatic heterocycles. The molecule has 16 heavy (non-hydrogen) atoms. The summed E-state index contributed by atoms with van der Waals surface area (Å²) in [7, 11) is 0. The molecule has 1 atom stereocenters. The van der Waals surface area contributed by atoms with Gasteiger partial charge in [0.2, 0.25) is 0 Å². The van der Waals surface area contributed by atoms with Gasteiger partial charge in [0.25, 0.3) is 0 Å². The van der Waals surface area contributed by atoms with Gasteiger partial charge in [0, 0.05) is 11.2 Å². The predicted molar refractivity (Wildman–Crippen MR) is 75.4 cm³/mol. The van der Waals surface area contributed by atoms with E-state index in [2.05, 4.69) is 54.1 Å². The van der Waals surface area contributed by atoms with E-state index in [1.807, 2.05) is 0 Å². The van der Waals surface area contributed by atoms with Gasteiger partial charge in [0.1, 0.15) is 0 Å². The molecule has 0 N–H and O–H groups in total. The number of rotatable bonds is 4. The number of aryl methyl sites for hydroxylation is 2. The van der Waals surface area contributed by atoms with Crippen LogP contribution in [0, 0.1) is 0 Å². The maximum absolute atomic E-state index is 3.54.